The minimum absolute atomic E-state index is 0.153. The molecule has 0 radical (unpaired) electrons. The van der Waals surface area contributed by atoms with Crippen LogP contribution < -0.4 is 11.1 Å². The molecule has 10 heavy (non-hydrogen) atoms. The number of allylic oxidation sites excluding steroid dienone is 1. The summed E-state index contributed by atoms with van der Waals surface area (Å²) in [7, 11) is 1.94. The first-order valence-corrected chi connectivity index (χ1v) is 3.81. The third-order valence-electron chi connectivity index (χ3n) is 1.69. The summed E-state index contributed by atoms with van der Waals surface area (Å²) in [6, 6.07) is 0.566. The fraction of sp³-hybridized carbons (Fsp3) is 0.750. The third kappa shape index (κ3) is 2.99. The molecular formula is C8H18N2. The Hall–Kier alpha value is -0.340. The van der Waals surface area contributed by atoms with E-state index in [0.29, 0.717) is 6.04 Å². The maximum atomic E-state index is 5.80. The Bertz CT molecular complexity index is 95.4. The van der Waals surface area contributed by atoms with Gasteiger partial charge in [-0.1, -0.05) is 19.1 Å². The summed E-state index contributed by atoms with van der Waals surface area (Å²) in [5, 5.41) is 3.16. The maximum absolute atomic E-state index is 5.80. The monoisotopic (exact) mass is 142 g/mol. The Labute approximate surface area is 63.5 Å². The van der Waals surface area contributed by atoms with E-state index >= 15 is 0 Å². The first-order valence-electron chi connectivity index (χ1n) is 3.81. The maximum Gasteiger partial charge on any atom is 0.0379 e. The highest BCUT2D eigenvalue weighted by Gasteiger charge is 2.08. The molecule has 2 nitrogen and oxygen atoms in total. The van der Waals surface area contributed by atoms with E-state index < -0.39 is 0 Å². The molecule has 0 fully saturated rings. The number of likely N-dealkylation sites (N-methyl/N-ethyl adjacent to an activating group) is 1. The van der Waals surface area contributed by atoms with Crippen LogP contribution in [0.3, 0.4) is 0 Å². The van der Waals surface area contributed by atoms with Crippen molar-refractivity contribution in [1.82, 2.24) is 5.32 Å². The predicted molar refractivity (Wildman–Crippen MR) is 45.9 cm³/mol. The van der Waals surface area contributed by atoms with Gasteiger partial charge in [0.2, 0.25) is 0 Å². The van der Waals surface area contributed by atoms with Crippen LogP contribution >= 0.6 is 0 Å². The number of hydrogen-bond acceptors (Lipinski definition) is 2. The summed E-state index contributed by atoms with van der Waals surface area (Å²) >= 11 is 0. The highest BCUT2D eigenvalue weighted by molar-refractivity contribution is 4.95. The summed E-state index contributed by atoms with van der Waals surface area (Å²) < 4.78 is 0. The van der Waals surface area contributed by atoms with Crippen molar-refractivity contribution in [3.8, 4) is 0 Å². The van der Waals surface area contributed by atoms with E-state index in [1.807, 2.05) is 26.1 Å². The van der Waals surface area contributed by atoms with Gasteiger partial charge in [0.15, 0.2) is 0 Å². The second-order valence-corrected chi connectivity index (χ2v) is 2.41. The van der Waals surface area contributed by atoms with Gasteiger partial charge in [0.1, 0.15) is 0 Å². The molecule has 0 heterocycles. The Morgan fingerprint density at radius 3 is 2.50 bits per heavy atom. The van der Waals surface area contributed by atoms with Crippen LogP contribution in [0.25, 0.3) is 0 Å². The number of hydrogen-bond donors (Lipinski definition) is 2. The molecule has 0 saturated carbocycles. The molecule has 0 aromatic rings. The molecule has 0 rings (SSSR count). The van der Waals surface area contributed by atoms with Crippen LogP contribution in [-0.4, -0.2) is 19.1 Å². The summed E-state index contributed by atoms with van der Waals surface area (Å²) in [5.74, 6) is 0. The van der Waals surface area contributed by atoms with Crippen LogP contribution in [-0.2, 0) is 0 Å². The van der Waals surface area contributed by atoms with E-state index in [1.54, 1.807) is 0 Å². The standard InChI is InChI=1S/C8H18N2/c1-4-6-7(9)8(5-2)10-3/h4,6-8,10H,5,9H2,1-3H3/b6-4+. The largest absolute Gasteiger partial charge is 0.323 e. The lowest BCUT2D eigenvalue weighted by molar-refractivity contribution is 0.497. The van der Waals surface area contributed by atoms with E-state index in [-0.39, 0.29) is 6.04 Å². The fourth-order valence-electron chi connectivity index (χ4n) is 1.03. The summed E-state index contributed by atoms with van der Waals surface area (Å²) in [6.45, 7) is 4.12. The molecule has 2 heteroatoms. The zero-order valence-corrected chi connectivity index (χ0v) is 7.09. The minimum Gasteiger partial charge on any atom is -0.323 e. The van der Waals surface area contributed by atoms with Crippen molar-refractivity contribution in [1.29, 1.82) is 0 Å². The fourth-order valence-corrected chi connectivity index (χ4v) is 1.03. The quantitative estimate of drug-likeness (QED) is 0.572. The Balaban J connectivity index is 3.75. The van der Waals surface area contributed by atoms with Gasteiger partial charge in [-0.25, -0.2) is 0 Å². The molecule has 0 aromatic heterocycles. The molecule has 0 aromatic carbocycles. The lowest BCUT2D eigenvalue weighted by Gasteiger charge is -2.18. The Morgan fingerprint density at radius 1 is 1.60 bits per heavy atom. The zero-order valence-electron chi connectivity index (χ0n) is 7.09. The lowest BCUT2D eigenvalue weighted by Crippen LogP contribution is -2.41. The normalized spacial score (nSPS) is 17.6. The molecule has 0 aliphatic rings. The van der Waals surface area contributed by atoms with Crippen molar-refractivity contribution in [3.05, 3.63) is 12.2 Å². The van der Waals surface area contributed by atoms with E-state index in [1.165, 1.54) is 0 Å². The van der Waals surface area contributed by atoms with Gasteiger partial charge in [0.05, 0.1) is 0 Å². The van der Waals surface area contributed by atoms with Crippen molar-refractivity contribution < 1.29 is 0 Å². The van der Waals surface area contributed by atoms with Crippen LogP contribution in [0.1, 0.15) is 20.3 Å². The van der Waals surface area contributed by atoms with Crippen LogP contribution in [0.5, 0.6) is 0 Å². The molecule has 0 aliphatic heterocycles. The zero-order chi connectivity index (χ0) is 7.98. The second kappa shape index (κ2) is 5.45. The first kappa shape index (κ1) is 9.66. The van der Waals surface area contributed by atoms with E-state index in [0.717, 1.165) is 6.42 Å². The van der Waals surface area contributed by atoms with Gasteiger partial charge in [-0.15, -0.1) is 0 Å². The van der Waals surface area contributed by atoms with Crippen molar-refractivity contribution in [2.45, 2.75) is 32.4 Å². The summed E-state index contributed by atoms with van der Waals surface area (Å²) in [4.78, 5) is 0. The topological polar surface area (TPSA) is 38.0 Å². The van der Waals surface area contributed by atoms with E-state index in [2.05, 4.69) is 12.2 Å². The van der Waals surface area contributed by atoms with Crippen LogP contribution in [0, 0.1) is 0 Å². The van der Waals surface area contributed by atoms with Crippen LogP contribution in [0.15, 0.2) is 12.2 Å². The molecule has 0 spiro atoms. The smallest absolute Gasteiger partial charge is 0.0379 e. The molecule has 2 unspecified atom stereocenters. The highest BCUT2D eigenvalue weighted by atomic mass is 14.9. The van der Waals surface area contributed by atoms with Crippen molar-refractivity contribution in [2.24, 2.45) is 5.73 Å². The lowest BCUT2D eigenvalue weighted by atomic mass is 10.1. The SMILES string of the molecule is C/C=C/C(N)C(CC)NC. The molecule has 0 aliphatic carbocycles. The van der Waals surface area contributed by atoms with Crippen LogP contribution in [0.4, 0.5) is 0 Å². The van der Waals surface area contributed by atoms with Crippen molar-refractivity contribution in [2.75, 3.05) is 7.05 Å². The van der Waals surface area contributed by atoms with Gasteiger partial charge in [-0.05, 0) is 20.4 Å². The van der Waals surface area contributed by atoms with Gasteiger partial charge in [0.25, 0.3) is 0 Å². The average Bonchev–Trinajstić information content (AvgIpc) is 1.91. The van der Waals surface area contributed by atoms with E-state index in [9.17, 15) is 0 Å². The summed E-state index contributed by atoms with van der Waals surface area (Å²) in [5.41, 5.74) is 5.80. The molecule has 0 bridgehead atoms. The number of rotatable bonds is 4. The molecule has 3 N–H and O–H groups in total. The molecule has 2 atom stereocenters. The minimum atomic E-state index is 0.153. The third-order valence-corrected chi connectivity index (χ3v) is 1.69. The number of nitrogens with one attached hydrogen (secondary N) is 1. The van der Waals surface area contributed by atoms with Crippen molar-refractivity contribution >= 4 is 0 Å². The molecule has 0 amide bonds. The van der Waals surface area contributed by atoms with Gasteiger partial charge >= 0.3 is 0 Å². The highest BCUT2D eigenvalue weighted by Crippen LogP contribution is 1.96. The Morgan fingerprint density at radius 2 is 2.20 bits per heavy atom. The van der Waals surface area contributed by atoms with Gasteiger partial charge in [0, 0.05) is 12.1 Å². The van der Waals surface area contributed by atoms with Gasteiger partial charge in [-0.3, -0.25) is 0 Å². The Kier molecular flexibility index (Phi) is 5.26. The van der Waals surface area contributed by atoms with Gasteiger partial charge < -0.3 is 11.1 Å². The molecule has 0 saturated heterocycles. The summed E-state index contributed by atoms with van der Waals surface area (Å²) in [6.07, 6.45) is 5.08. The van der Waals surface area contributed by atoms with E-state index in [4.69, 9.17) is 5.73 Å². The van der Waals surface area contributed by atoms with Gasteiger partial charge in [-0.2, -0.15) is 0 Å². The molecule has 60 valence electrons. The van der Waals surface area contributed by atoms with Crippen molar-refractivity contribution in [3.63, 3.8) is 0 Å². The number of nitrogens with two attached hydrogens (primary N) is 1. The van der Waals surface area contributed by atoms with Crippen LogP contribution in [0.2, 0.25) is 0 Å². The average molecular weight is 142 g/mol. The second-order valence-electron chi connectivity index (χ2n) is 2.41. The molecular weight excluding hydrogens is 124 g/mol. The first-order chi connectivity index (χ1) is 4.76. The predicted octanol–water partition coefficient (Wildman–Crippen LogP) is 0.888.